The Hall–Kier alpha value is -1.39. The third kappa shape index (κ3) is 2.08. The molecule has 0 radical (unpaired) electrons. The molecule has 86 valence electrons. The van der Waals surface area contributed by atoms with Crippen LogP contribution < -0.4 is 5.32 Å². The SMILES string of the molecule is Cc1cccn2c(CN[C@H](C)CO)cnc12. The minimum Gasteiger partial charge on any atom is -0.395 e. The van der Waals surface area contributed by atoms with Crippen molar-refractivity contribution in [3.8, 4) is 0 Å². The Bertz CT molecular complexity index is 478. The molecule has 0 saturated carbocycles. The third-order valence-corrected chi connectivity index (χ3v) is 2.71. The average molecular weight is 219 g/mol. The van der Waals surface area contributed by atoms with Crippen molar-refractivity contribution in [3.63, 3.8) is 0 Å². The average Bonchev–Trinajstić information content (AvgIpc) is 2.70. The van der Waals surface area contributed by atoms with Gasteiger partial charge in [0.15, 0.2) is 0 Å². The van der Waals surface area contributed by atoms with Crippen LogP contribution in [0.3, 0.4) is 0 Å². The van der Waals surface area contributed by atoms with Gasteiger partial charge in [-0.3, -0.25) is 0 Å². The summed E-state index contributed by atoms with van der Waals surface area (Å²) < 4.78 is 2.08. The molecular formula is C12H17N3O. The first kappa shape index (κ1) is 11.1. The van der Waals surface area contributed by atoms with E-state index < -0.39 is 0 Å². The predicted octanol–water partition coefficient (Wildman–Crippen LogP) is 1.11. The van der Waals surface area contributed by atoms with Crippen LogP contribution in [0.15, 0.2) is 24.5 Å². The summed E-state index contributed by atoms with van der Waals surface area (Å²) in [4.78, 5) is 4.38. The van der Waals surface area contributed by atoms with Crippen molar-refractivity contribution in [1.82, 2.24) is 14.7 Å². The molecule has 4 heteroatoms. The van der Waals surface area contributed by atoms with Gasteiger partial charge in [0.25, 0.3) is 0 Å². The van der Waals surface area contributed by atoms with Crippen LogP contribution in [0.1, 0.15) is 18.2 Å². The fourth-order valence-corrected chi connectivity index (χ4v) is 1.68. The first-order valence-corrected chi connectivity index (χ1v) is 5.48. The van der Waals surface area contributed by atoms with E-state index in [-0.39, 0.29) is 12.6 Å². The van der Waals surface area contributed by atoms with Gasteiger partial charge in [0.05, 0.1) is 18.5 Å². The van der Waals surface area contributed by atoms with E-state index in [1.165, 1.54) is 5.56 Å². The maximum Gasteiger partial charge on any atom is 0.139 e. The highest BCUT2D eigenvalue weighted by Crippen LogP contribution is 2.10. The molecule has 0 aliphatic rings. The van der Waals surface area contributed by atoms with E-state index in [0.717, 1.165) is 11.3 Å². The maximum atomic E-state index is 8.94. The monoisotopic (exact) mass is 219 g/mol. The van der Waals surface area contributed by atoms with E-state index >= 15 is 0 Å². The van der Waals surface area contributed by atoms with Gasteiger partial charge < -0.3 is 14.8 Å². The molecule has 2 aromatic rings. The summed E-state index contributed by atoms with van der Waals surface area (Å²) >= 11 is 0. The van der Waals surface area contributed by atoms with Gasteiger partial charge in [0, 0.05) is 18.8 Å². The van der Waals surface area contributed by atoms with E-state index in [1.807, 2.05) is 25.4 Å². The number of fused-ring (bicyclic) bond motifs is 1. The maximum absolute atomic E-state index is 8.94. The smallest absolute Gasteiger partial charge is 0.139 e. The molecule has 0 aromatic carbocycles. The van der Waals surface area contributed by atoms with Gasteiger partial charge in [-0.1, -0.05) is 6.07 Å². The molecule has 0 unspecified atom stereocenters. The Labute approximate surface area is 94.9 Å². The first-order chi connectivity index (χ1) is 7.72. The van der Waals surface area contributed by atoms with Gasteiger partial charge in [0.2, 0.25) is 0 Å². The quantitative estimate of drug-likeness (QED) is 0.810. The van der Waals surface area contributed by atoms with Crippen LogP contribution in [0.2, 0.25) is 0 Å². The summed E-state index contributed by atoms with van der Waals surface area (Å²) in [5.41, 5.74) is 3.28. The van der Waals surface area contributed by atoms with Crippen molar-refractivity contribution in [2.75, 3.05) is 6.61 Å². The minimum atomic E-state index is 0.107. The summed E-state index contributed by atoms with van der Waals surface area (Å²) in [6, 6.07) is 4.18. The highest BCUT2D eigenvalue weighted by molar-refractivity contribution is 5.48. The highest BCUT2D eigenvalue weighted by atomic mass is 16.3. The number of pyridine rings is 1. The van der Waals surface area contributed by atoms with Crippen LogP contribution in [0.5, 0.6) is 0 Å². The van der Waals surface area contributed by atoms with Gasteiger partial charge in [-0.2, -0.15) is 0 Å². The first-order valence-electron chi connectivity index (χ1n) is 5.48. The van der Waals surface area contributed by atoms with Crippen LogP contribution in [-0.2, 0) is 6.54 Å². The molecule has 16 heavy (non-hydrogen) atoms. The predicted molar refractivity (Wildman–Crippen MR) is 63.3 cm³/mol. The standard InChI is InChI=1S/C12H17N3O/c1-9-4-3-5-15-11(7-14-12(9)15)6-13-10(2)8-16/h3-5,7,10,13,16H,6,8H2,1-2H3/t10-/m1/s1. The normalized spacial score (nSPS) is 13.2. The number of aliphatic hydroxyl groups excluding tert-OH is 1. The van der Waals surface area contributed by atoms with Crippen LogP contribution in [0.25, 0.3) is 5.65 Å². The molecule has 2 heterocycles. The summed E-state index contributed by atoms with van der Waals surface area (Å²) in [5, 5.41) is 12.2. The molecule has 4 nitrogen and oxygen atoms in total. The second kappa shape index (κ2) is 4.63. The zero-order valence-corrected chi connectivity index (χ0v) is 9.64. The summed E-state index contributed by atoms with van der Waals surface area (Å²) in [6.45, 7) is 4.87. The molecular weight excluding hydrogens is 202 g/mol. The van der Waals surface area contributed by atoms with Crippen LogP contribution in [0.4, 0.5) is 0 Å². The topological polar surface area (TPSA) is 49.6 Å². The second-order valence-corrected chi connectivity index (χ2v) is 4.10. The number of nitrogens with one attached hydrogen (secondary N) is 1. The fourth-order valence-electron chi connectivity index (χ4n) is 1.68. The largest absolute Gasteiger partial charge is 0.395 e. The van der Waals surface area contributed by atoms with Gasteiger partial charge in [-0.25, -0.2) is 4.98 Å². The lowest BCUT2D eigenvalue weighted by molar-refractivity contribution is 0.250. The van der Waals surface area contributed by atoms with Crippen molar-refractivity contribution >= 4 is 5.65 Å². The van der Waals surface area contributed by atoms with Gasteiger partial charge >= 0.3 is 0 Å². The Morgan fingerprint density at radius 1 is 1.56 bits per heavy atom. The van der Waals surface area contributed by atoms with Crippen molar-refractivity contribution in [2.45, 2.75) is 26.4 Å². The van der Waals surface area contributed by atoms with Crippen LogP contribution in [-0.4, -0.2) is 27.1 Å². The molecule has 0 fully saturated rings. The van der Waals surface area contributed by atoms with E-state index in [2.05, 4.69) is 27.7 Å². The molecule has 1 atom stereocenters. The van der Waals surface area contributed by atoms with Crippen LogP contribution in [0, 0.1) is 6.92 Å². The zero-order valence-electron chi connectivity index (χ0n) is 9.64. The number of imidazole rings is 1. The molecule has 0 aliphatic carbocycles. The number of aliphatic hydroxyl groups is 1. The molecule has 2 rings (SSSR count). The molecule has 2 aromatic heterocycles. The Morgan fingerprint density at radius 3 is 3.12 bits per heavy atom. The lowest BCUT2D eigenvalue weighted by atomic mass is 10.3. The Morgan fingerprint density at radius 2 is 2.38 bits per heavy atom. The number of rotatable bonds is 4. The molecule has 0 spiro atoms. The van der Waals surface area contributed by atoms with Gasteiger partial charge in [-0.05, 0) is 25.5 Å². The second-order valence-electron chi connectivity index (χ2n) is 4.10. The number of hydrogen-bond acceptors (Lipinski definition) is 3. The number of aromatic nitrogens is 2. The van der Waals surface area contributed by atoms with Crippen molar-refractivity contribution in [1.29, 1.82) is 0 Å². The molecule has 0 saturated heterocycles. The van der Waals surface area contributed by atoms with Gasteiger partial charge in [0.1, 0.15) is 5.65 Å². The van der Waals surface area contributed by atoms with E-state index in [4.69, 9.17) is 5.11 Å². The highest BCUT2D eigenvalue weighted by Gasteiger charge is 2.05. The number of aryl methyl sites for hydroxylation is 1. The fraction of sp³-hybridized carbons (Fsp3) is 0.417. The molecule has 0 amide bonds. The minimum absolute atomic E-state index is 0.107. The van der Waals surface area contributed by atoms with Crippen LogP contribution >= 0.6 is 0 Å². The lowest BCUT2D eigenvalue weighted by Crippen LogP contribution is -2.29. The number of hydrogen-bond donors (Lipinski definition) is 2. The molecule has 0 aliphatic heterocycles. The summed E-state index contributed by atoms with van der Waals surface area (Å²) in [6.07, 6.45) is 3.88. The molecule has 0 bridgehead atoms. The van der Waals surface area contributed by atoms with E-state index in [0.29, 0.717) is 6.54 Å². The van der Waals surface area contributed by atoms with Crippen molar-refractivity contribution in [3.05, 3.63) is 35.8 Å². The Kier molecular flexibility index (Phi) is 3.22. The van der Waals surface area contributed by atoms with Gasteiger partial charge in [-0.15, -0.1) is 0 Å². The van der Waals surface area contributed by atoms with E-state index in [9.17, 15) is 0 Å². The van der Waals surface area contributed by atoms with Crippen molar-refractivity contribution < 1.29 is 5.11 Å². The summed E-state index contributed by atoms with van der Waals surface area (Å²) in [7, 11) is 0. The van der Waals surface area contributed by atoms with E-state index in [1.54, 1.807) is 0 Å². The zero-order chi connectivity index (χ0) is 11.5. The third-order valence-electron chi connectivity index (χ3n) is 2.71. The number of nitrogens with zero attached hydrogens (tertiary/aromatic N) is 2. The Balaban J connectivity index is 2.22. The molecule has 2 N–H and O–H groups in total. The lowest BCUT2D eigenvalue weighted by Gasteiger charge is -2.10. The van der Waals surface area contributed by atoms with Crippen molar-refractivity contribution in [2.24, 2.45) is 0 Å². The summed E-state index contributed by atoms with van der Waals surface area (Å²) in [5.74, 6) is 0.